The van der Waals surface area contributed by atoms with Crippen LogP contribution in [0, 0.1) is 11.3 Å². The molecule has 0 spiro atoms. The van der Waals surface area contributed by atoms with Crippen LogP contribution in [0.4, 0.5) is 0 Å². The Bertz CT molecular complexity index is 1380. The molecule has 2 heterocycles. The number of rotatable bonds is 9. The van der Waals surface area contributed by atoms with E-state index >= 15 is 0 Å². The Balaban J connectivity index is 1.64. The van der Waals surface area contributed by atoms with Gasteiger partial charge < -0.3 is 19.9 Å². The third kappa shape index (κ3) is 6.19. The number of hydrogen-bond acceptors (Lipinski definition) is 4. The summed E-state index contributed by atoms with van der Waals surface area (Å²) >= 11 is 0. The fraction of sp³-hybridized carbons (Fsp3) is 0.353. The molecule has 6 nitrogen and oxygen atoms in total. The number of aliphatic hydroxyl groups is 1. The molecule has 2 N–H and O–H groups in total. The molecule has 1 aliphatic heterocycles. The van der Waals surface area contributed by atoms with Gasteiger partial charge in [0.15, 0.2) is 0 Å². The van der Waals surface area contributed by atoms with Gasteiger partial charge in [-0.25, -0.2) is 4.98 Å². The van der Waals surface area contributed by atoms with Crippen LogP contribution in [0.5, 0.6) is 0 Å². The van der Waals surface area contributed by atoms with E-state index in [1.807, 2.05) is 59.5 Å². The standard InChI is InChI=1S/C34H40N4O2/c1-34(2,3)31(38(22-28-19-20-35-30(28)24-39)33(40)27-17-11-6-12-18-27)32-36-29(26-15-9-5-10-16-26)23-37(32)21-25-13-7-4-8-14-25/h4-18,23,28,30-31,35,39H,19-22,24H2,1-3H3/t28-,30+,31-/m0/s1. The third-order valence-corrected chi connectivity index (χ3v) is 7.85. The molecule has 40 heavy (non-hydrogen) atoms. The van der Waals surface area contributed by atoms with E-state index in [0.717, 1.165) is 30.0 Å². The molecule has 3 atom stereocenters. The zero-order chi connectivity index (χ0) is 28.1. The van der Waals surface area contributed by atoms with Crippen LogP contribution in [0.15, 0.2) is 97.2 Å². The summed E-state index contributed by atoms with van der Waals surface area (Å²) in [5, 5.41) is 13.5. The first-order valence-electron chi connectivity index (χ1n) is 14.2. The highest BCUT2D eigenvalue weighted by molar-refractivity contribution is 5.94. The number of nitrogens with one attached hydrogen (secondary N) is 1. The maximum absolute atomic E-state index is 14.3. The second kappa shape index (κ2) is 12.2. The lowest BCUT2D eigenvalue weighted by atomic mass is 9.83. The summed E-state index contributed by atoms with van der Waals surface area (Å²) in [5.41, 5.74) is 3.45. The largest absolute Gasteiger partial charge is 0.395 e. The normalized spacial score (nSPS) is 18.0. The van der Waals surface area contributed by atoms with Crippen molar-refractivity contribution in [2.75, 3.05) is 19.7 Å². The number of nitrogens with zero attached hydrogens (tertiary/aromatic N) is 3. The summed E-state index contributed by atoms with van der Waals surface area (Å²) in [5.74, 6) is 0.999. The molecule has 0 bridgehead atoms. The van der Waals surface area contributed by atoms with Crippen LogP contribution in [0.1, 0.15) is 55.0 Å². The minimum absolute atomic E-state index is 0.0142. The Kier molecular flexibility index (Phi) is 8.48. The lowest BCUT2D eigenvalue weighted by Gasteiger charge is -2.41. The van der Waals surface area contributed by atoms with Crippen LogP contribution >= 0.6 is 0 Å². The Morgan fingerprint density at radius 1 is 1.00 bits per heavy atom. The Hall–Kier alpha value is -3.74. The molecule has 6 heteroatoms. The van der Waals surface area contributed by atoms with Gasteiger partial charge in [0.1, 0.15) is 5.82 Å². The minimum atomic E-state index is -0.321. The number of aromatic nitrogens is 2. The van der Waals surface area contributed by atoms with Crippen molar-refractivity contribution in [2.45, 2.75) is 45.8 Å². The van der Waals surface area contributed by atoms with Gasteiger partial charge in [0.25, 0.3) is 5.91 Å². The molecule has 5 rings (SSSR count). The van der Waals surface area contributed by atoms with Gasteiger partial charge in [-0.3, -0.25) is 4.79 Å². The maximum Gasteiger partial charge on any atom is 0.254 e. The topological polar surface area (TPSA) is 70.4 Å². The van der Waals surface area contributed by atoms with E-state index < -0.39 is 0 Å². The Morgan fingerprint density at radius 2 is 1.62 bits per heavy atom. The molecular weight excluding hydrogens is 496 g/mol. The van der Waals surface area contributed by atoms with Crippen molar-refractivity contribution in [3.63, 3.8) is 0 Å². The highest BCUT2D eigenvalue weighted by atomic mass is 16.3. The predicted molar refractivity (Wildman–Crippen MR) is 160 cm³/mol. The number of carbonyl (C=O) groups excluding carboxylic acids is 1. The summed E-state index contributed by atoms with van der Waals surface area (Å²) in [6.45, 7) is 8.63. The van der Waals surface area contributed by atoms with E-state index in [4.69, 9.17) is 4.98 Å². The summed E-state index contributed by atoms with van der Waals surface area (Å²) < 4.78 is 2.22. The third-order valence-electron chi connectivity index (χ3n) is 7.85. The van der Waals surface area contributed by atoms with Crippen LogP contribution in [0.2, 0.25) is 0 Å². The smallest absolute Gasteiger partial charge is 0.254 e. The van der Waals surface area contributed by atoms with Gasteiger partial charge in [-0.1, -0.05) is 99.6 Å². The number of aliphatic hydroxyl groups excluding tert-OH is 1. The SMILES string of the molecule is CC(C)(C)[C@H](c1nc(-c2ccccc2)cn1Cc1ccccc1)N(C[C@@H]1CCN[C@@H]1CO)C(=O)c1ccccc1. The van der Waals surface area contributed by atoms with Gasteiger partial charge in [0, 0.05) is 36.5 Å². The fourth-order valence-electron chi connectivity index (χ4n) is 5.86. The predicted octanol–water partition coefficient (Wildman–Crippen LogP) is 5.80. The Labute approximate surface area is 237 Å². The van der Waals surface area contributed by atoms with Crippen molar-refractivity contribution < 1.29 is 9.90 Å². The van der Waals surface area contributed by atoms with Gasteiger partial charge in [-0.15, -0.1) is 0 Å². The van der Waals surface area contributed by atoms with Crippen LogP contribution in [0.3, 0.4) is 0 Å². The van der Waals surface area contributed by atoms with Gasteiger partial charge in [-0.2, -0.15) is 0 Å². The maximum atomic E-state index is 14.3. The van der Waals surface area contributed by atoms with Crippen LogP contribution in [0.25, 0.3) is 11.3 Å². The molecule has 0 saturated carbocycles. The van der Waals surface area contributed by atoms with Crippen molar-refractivity contribution in [2.24, 2.45) is 11.3 Å². The molecule has 1 fully saturated rings. The average Bonchev–Trinajstić information content (AvgIpc) is 3.60. The van der Waals surface area contributed by atoms with Crippen LogP contribution in [-0.4, -0.2) is 51.2 Å². The summed E-state index contributed by atoms with van der Waals surface area (Å²) in [6, 6.07) is 29.8. The molecule has 0 aliphatic carbocycles. The van der Waals surface area contributed by atoms with Gasteiger partial charge in [-0.05, 0) is 42.0 Å². The van der Waals surface area contributed by atoms with E-state index in [-0.39, 0.29) is 35.9 Å². The molecule has 0 radical (unpaired) electrons. The highest BCUT2D eigenvalue weighted by Crippen LogP contribution is 2.41. The first-order chi connectivity index (χ1) is 19.3. The van der Waals surface area contributed by atoms with Crippen LogP contribution < -0.4 is 5.32 Å². The molecule has 1 aliphatic rings. The zero-order valence-corrected chi connectivity index (χ0v) is 23.7. The minimum Gasteiger partial charge on any atom is -0.395 e. The zero-order valence-electron chi connectivity index (χ0n) is 23.7. The average molecular weight is 537 g/mol. The summed E-state index contributed by atoms with van der Waals surface area (Å²) in [7, 11) is 0. The molecule has 1 aromatic heterocycles. The lowest BCUT2D eigenvalue weighted by Crippen LogP contribution is -2.47. The van der Waals surface area contributed by atoms with Gasteiger partial charge in [0.05, 0.1) is 18.3 Å². The first kappa shape index (κ1) is 27.8. The fourth-order valence-corrected chi connectivity index (χ4v) is 5.86. The second-order valence-electron chi connectivity index (χ2n) is 11.8. The van der Waals surface area contributed by atoms with Crippen molar-refractivity contribution in [1.82, 2.24) is 19.8 Å². The molecule has 1 saturated heterocycles. The second-order valence-corrected chi connectivity index (χ2v) is 11.8. The Morgan fingerprint density at radius 3 is 2.25 bits per heavy atom. The van der Waals surface area contributed by atoms with E-state index in [1.165, 1.54) is 5.56 Å². The summed E-state index contributed by atoms with van der Waals surface area (Å²) in [6.07, 6.45) is 3.03. The monoisotopic (exact) mass is 536 g/mol. The van der Waals surface area contributed by atoms with Crippen molar-refractivity contribution in [3.8, 4) is 11.3 Å². The van der Waals surface area contributed by atoms with E-state index in [2.05, 4.69) is 73.3 Å². The lowest BCUT2D eigenvalue weighted by molar-refractivity contribution is 0.0405. The first-order valence-corrected chi connectivity index (χ1v) is 14.2. The number of hydrogen-bond donors (Lipinski definition) is 2. The van der Waals surface area contributed by atoms with Gasteiger partial charge in [0.2, 0.25) is 0 Å². The molecule has 1 amide bonds. The van der Waals surface area contributed by atoms with Crippen LogP contribution in [-0.2, 0) is 6.54 Å². The van der Waals surface area contributed by atoms with Crippen molar-refractivity contribution in [1.29, 1.82) is 0 Å². The molecule has 3 aromatic carbocycles. The van der Waals surface area contributed by atoms with Crippen molar-refractivity contribution >= 4 is 5.91 Å². The highest BCUT2D eigenvalue weighted by Gasteiger charge is 2.41. The molecular formula is C34H40N4O2. The van der Waals surface area contributed by atoms with Crippen molar-refractivity contribution in [3.05, 3.63) is 114 Å². The van der Waals surface area contributed by atoms with E-state index in [9.17, 15) is 9.90 Å². The molecule has 208 valence electrons. The molecule has 4 aromatic rings. The molecule has 0 unspecified atom stereocenters. The van der Waals surface area contributed by atoms with E-state index in [1.54, 1.807) is 0 Å². The van der Waals surface area contributed by atoms with E-state index in [0.29, 0.717) is 18.7 Å². The number of amides is 1. The number of imidazole rings is 1. The number of carbonyl (C=O) groups is 1. The number of benzene rings is 3. The van der Waals surface area contributed by atoms with Gasteiger partial charge >= 0.3 is 0 Å². The quantitative estimate of drug-likeness (QED) is 0.284. The summed E-state index contributed by atoms with van der Waals surface area (Å²) in [4.78, 5) is 21.6.